The Morgan fingerprint density at radius 2 is 2.00 bits per heavy atom. The zero-order valence-electron chi connectivity index (χ0n) is 15.4. The van der Waals surface area contributed by atoms with Crippen LogP contribution in [-0.4, -0.2) is 35.8 Å². The molecule has 144 valence electrons. The number of halogens is 1. The highest BCUT2D eigenvalue weighted by molar-refractivity contribution is 9.10. The Labute approximate surface area is 167 Å². The van der Waals surface area contributed by atoms with E-state index in [1.807, 2.05) is 12.1 Å². The average Bonchev–Trinajstić information content (AvgIpc) is 2.87. The average molecular weight is 434 g/mol. The second-order valence-electron chi connectivity index (χ2n) is 7.16. The second kappa shape index (κ2) is 8.25. The Bertz CT molecular complexity index is 775. The summed E-state index contributed by atoms with van der Waals surface area (Å²) < 4.78 is 0.885. The van der Waals surface area contributed by atoms with Gasteiger partial charge in [0.2, 0.25) is 5.91 Å². The zero-order chi connectivity index (χ0) is 19.4. The van der Waals surface area contributed by atoms with E-state index in [1.54, 1.807) is 19.1 Å². The molecule has 1 aliphatic carbocycles. The van der Waals surface area contributed by atoms with Crippen LogP contribution in [0, 0.1) is 0 Å². The van der Waals surface area contributed by atoms with E-state index in [4.69, 9.17) is 0 Å². The van der Waals surface area contributed by atoms with Crippen molar-refractivity contribution < 1.29 is 14.4 Å². The quantitative estimate of drug-likeness (QED) is 0.533. The van der Waals surface area contributed by atoms with Crippen molar-refractivity contribution in [2.75, 3.05) is 13.1 Å². The van der Waals surface area contributed by atoms with Gasteiger partial charge in [-0.25, -0.2) is 4.79 Å². The molecular formula is C20H24BrN3O3. The summed E-state index contributed by atoms with van der Waals surface area (Å²) >= 11 is 3.36. The van der Waals surface area contributed by atoms with E-state index in [0.717, 1.165) is 28.6 Å². The van der Waals surface area contributed by atoms with Gasteiger partial charge >= 0.3 is 6.03 Å². The maximum absolute atomic E-state index is 12.8. The van der Waals surface area contributed by atoms with Crippen LogP contribution in [0.4, 0.5) is 4.79 Å². The smallest absolute Gasteiger partial charge is 0.325 e. The first-order chi connectivity index (χ1) is 12.9. The van der Waals surface area contributed by atoms with Gasteiger partial charge in [-0.1, -0.05) is 39.7 Å². The maximum atomic E-state index is 12.8. The predicted octanol–water partition coefficient (Wildman–Crippen LogP) is 3.22. The summed E-state index contributed by atoms with van der Waals surface area (Å²) in [5, 5.41) is 5.52. The Kier molecular flexibility index (Phi) is 5.99. The lowest BCUT2D eigenvalue weighted by molar-refractivity contribution is -0.134. The van der Waals surface area contributed by atoms with Crippen molar-refractivity contribution in [3.8, 4) is 0 Å². The van der Waals surface area contributed by atoms with Crippen LogP contribution in [0.2, 0.25) is 0 Å². The van der Waals surface area contributed by atoms with E-state index >= 15 is 0 Å². The van der Waals surface area contributed by atoms with Gasteiger partial charge in [0.1, 0.15) is 12.1 Å². The topological polar surface area (TPSA) is 78.5 Å². The Morgan fingerprint density at radius 3 is 2.67 bits per heavy atom. The number of allylic oxidation sites excluding steroid dienone is 1. The molecule has 0 radical (unpaired) electrons. The fourth-order valence-corrected chi connectivity index (χ4v) is 3.78. The summed E-state index contributed by atoms with van der Waals surface area (Å²) in [4.78, 5) is 38.3. The SMILES string of the molecule is C[C@@]1(c2ccc(Br)cc2)NC(=O)N(CC(=O)NCCC2=CCCCC2)C1=O. The molecule has 1 aliphatic heterocycles. The number of nitrogens with zero attached hydrogens (tertiary/aromatic N) is 1. The molecular weight excluding hydrogens is 410 g/mol. The number of carbonyl (C=O) groups excluding carboxylic acids is 3. The number of nitrogens with one attached hydrogen (secondary N) is 2. The lowest BCUT2D eigenvalue weighted by Gasteiger charge is -2.22. The first-order valence-electron chi connectivity index (χ1n) is 9.25. The monoisotopic (exact) mass is 433 g/mol. The highest BCUT2D eigenvalue weighted by Crippen LogP contribution is 2.29. The molecule has 0 unspecified atom stereocenters. The van der Waals surface area contributed by atoms with Crippen LogP contribution in [0.3, 0.4) is 0 Å². The summed E-state index contributed by atoms with van der Waals surface area (Å²) in [5.74, 6) is -0.741. The van der Waals surface area contributed by atoms with Gasteiger partial charge in [0.15, 0.2) is 0 Å². The molecule has 0 saturated carbocycles. The number of urea groups is 1. The number of benzene rings is 1. The first-order valence-corrected chi connectivity index (χ1v) is 10.0. The van der Waals surface area contributed by atoms with Crippen LogP contribution in [0.1, 0.15) is 44.6 Å². The Balaban J connectivity index is 1.57. The molecule has 0 aromatic heterocycles. The van der Waals surface area contributed by atoms with Crippen LogP contribution in [0.5, 0.6) is 0 Å². The van der Waals surface area contributed by atoms with Gasteiger partial charge < -0.3 is 10.6 Å². The van der Waals surface area contributed by atoms with E-state index in [0.29, 0.717) is 12.1 Å². The predicted molar refractivity (Wildman–Crippen MR) is 106 cm³/mol. The van der Waals surface area contributed by atoms with Crippen molar-refractivity contribution >= 4 is 33.8 Å². The molecule has 7 heteroatoms. The fourth-order valence-electron chi connectivity index (χ4n) is 3.51. The molecule has 2 N–H and O–H groups in total. The molecule has 1 heterocycles. The van der Waals surface area contributed by atoms with Crippen molar-refractivity contribution in [1.29, 1.82) is 0 Å². The number of hydrogen-bond acceptors (Lipinski definition) is 3. The molecule has 1 fully saturated rings. The number of hydrogen-bond donors (Lipinski definition) is 2. The first kappa shape index (κ1) is 19.6. The molecule has 1 saturated heterocycles. The minimum absolute atomic E-state index is 0.268. The van der Waals surface area contributed by atoms with E-state index in [9.17, 15) is 14.4 Å². The van der Waals surface area contributed by atoms with Crippen molar-refractivity contribution in [3.05, 3.63) is 46.0 Å². The fraction of sp³-hybridized carbons (Fsp3) is 0.450. The van der Waals surface area contributed by atoms with Crippen molar-refractivity contribution in [2.45, 2.75) is 44.6 Å². The zero-order valence-corrected chi connectivity index (χ0v) is 17.0. The number of imide groups is 1. The largest absolute Gasteiger partial charge is 0.354 e. The van der Waals surface area contributed by atoms with Gasteiger partial charge in [-0.15, -0.1) is 0 Å². The number of amides is 4. The second-order valence-corrected chi connectivity index (χ2v) is 8.08. The third kappa shape index (κ3) is 4.40. The highest BCUT2D eigenvalue weighted by atomic mass is 79.9. The number of carbonyl (C=O) groups is 3. The van der Waals surface area contributed by atoms with Crippen molar-refractivity contribution in [3.63, 3.8) is 0 Å². The normalized spacial score (nSPS) is 22.4. The summed E-state index contributed by atoms with van der Waals surface area (Å²) in [7, 11) is 0. The molecule has 6 nitrogen and oxygen atoms in total. The standard InChI is InChI=1S/C20H24BrN3O3/c1-20(15-7-9-16(21)10-8-15)18(26)24(19(27)23-20)13-17(25)22-12-11-14-5-3-2-4-6-14/h5,7-10H,2-4,6,11-13H2,1H3,(H,22,25)(H,23,27)/t20-/m0/s1. The van der Waals surface area contributed by atoms with Gasteiger partial charge in [-0.05, 0) is 56.7 Å². The summed E-state index contributed by atoms with van der Waals surface area (Å²) in [6, 6.07) is 6.65. The molecule has 3 rings (SSSR count). The molecule has 4 amide bonds. The lowest BCUT2D eigenvalue weighted by atomic mass is 9.92. The Morgan fingerprint density at radius 1 is 1.26 bits per heavy atom. The third-order valence-electron chi connectivity index (χ3n) is 5.15. The molecule has 27 heavy (non-hydrogen) atoms. The van der Waals surface area contributed by atoms with Gasteiger partial charge in [0.25, 0.3) is 5.91 Å². The van der Waals surface area contributed by atoms with Crippen LogP contribution in [-0.2, 0) is 15.1 Å². The van der Waals surface area contributed by atoms with Crippen molar-refractivity contribution in [1.82, 2.24) is 15.5 Å². The Hall–Kier alpha value is -2.15. The minimum atomic E-state index is -1.16. The van der Waals surface area contributed by atoms with Crippen LogP contribution in [0.25, 0.3) is 0 Å². The number of rotatable bonds is 6. The lowest BCUT2D eigenvalue weighted by Crippen LogP contribution is -2.43. The highest BCUT2D eigenvalue weighted by Gasteiger charge is 2.49. The van der Waals surface area contributed by atoms with Gasteiger partial charge in [0, 0.05) is 11.0 Å². The van der Waals surface area contributed by atoms with Crippen LogP contribution >= 0.6 is 15.9 Å². The van der Waals surface area contributed by atoms with Crippen molar-refractivity contribution in [2.24, 2.45) is 0 Å². The van der Waals surface area contributed by atoms with Crippen LogP contribution < -0.4 is 10.6 Å². The van der Waals surface area contributed by atoms with Gasteiger partial charge in [-0.3, -0.25) is 14.5 Å². The minimum Gasteiger partial charge on any atom is -0.354 e. The molecule has 2 aliphatic rings. The summed E-state index contributed by atoms with van der Waals surface area (Å²) in [6.45, 7) is 1.91. The summed E-state index contributed by atoms with van der Waals surface area (Å²) in [6.07, 6.45) is 7.71. The molecule has 1 aromatic carbocycles. The molecule has 0 spiro atoms. The van der Waals surface area contributed by atoms with Crippen LogP contribution in [0.15, 0.2) is 40.4 Å². The van der Waals surface area contributed by atoms with E-state index in [2.05, 4.69) is 32.6 Å². The third-order valence-corrected chi connectivity index (χ3v) is 5.68. The molecule has 1 atom stereocenters. The molecule has 0 bridgehead atoms. The van der Waals surface area contributed by atoms with E-state index in [1.165, 1.54) is 18.4 Å². The maximum Gasteiger partial charge on any atom is 0.325 e. The summed E-state index contributed by atoms with van der Waals surface area (Å²) in [5.41, 5.74) is 0.890. The van der Waals surface area contributed by atoms with E-state index < -0.39 is 17.5 Å². The van der Waals surface area contributed by atoms with Gasteiger partial charge in [0.05, 0.1) is 0 Å². The van der Waals surface area contributed by atoms with Gasteiger partial charge in [-0.2, -0.15) is 0 Å². The molecule has 1 aromatic rings. The van der Waals surface area contributed by atoms with E-state index in [-0.39, 0.29) is 12.5 Å².